The van der Waals surface area contributed by atoms with Crippen molar-refractivity contribution >= 4 is 22.7 Å². The van der Waals surface area contributed by atoms with Crippen molar-refractivity contribution in [2.45, 2.75) is 6.92 Å². The molecular weight excluding hydrogens is 354 g/mol. The summed E-state index contributed by atoms with van der Waals surface area (Å²) in [6.45, 7) is 1.94. The van der Waals surface area contributed by atoms with Crippen molar-refractivity contribution in [2.75, 3.05) is 0 Å². The Balaban J connectivity index is 1.53. The predicted octanol–water partition coefficient (Wildman–Crippen LogP) is 3.88. The van der Waals surface area contributed by atoms with Crippen LogP contribution in [0, 0.1) is 6.92 Å². The van der Waals surface area contributed by atoms with Gasteiger partial charge in [-0.05, 0) is 37.3 Å². The Labute approximate surface area is 161 Å². The summed E-state index contributed by atoms with van der Waals surface area (Å²) in [6.07, 6.45) is 0. The number of amides is 2. The topological polar surface area (TPSA) is 84.2 Å². The zero-order valence-corrected chi connectivity index (χ0v) is 15.1. The summed E-state index contributed by atoms with van der Waals surface area (Å²) in [6, 6.07) is 21.7. The molecule has 2 N–H and O–H groups in total. The number of nitrogens with one attached hydrogen (secondary N) is 2. The number of aromatic nitrogens is 1. The molecule has 0 spiro atoms. The van der Waals surface area contributed by atoms with E-state index in [0.717, 1.165) is 16.5 Å². The van der Waals surface area contributed by atoms with Crippen molar-refractivity contribution in [3.63, 3.8) is 0 Å². The third-order valence-electron chi connectivity index (χ3n) is 4.38. The van der Waals surface area contributed by atoms with Crippen LogP contribution in [0.1, 0.15) is 26.3 Å². The number of rotatable bonds is 3. The van der Waals surface area contributed by atoms with Gasteiger partial charge in [0.05, 0.1) is 5.39 Å². The SMILES string of the molecule is Cc1ccc(C(=O)NNC(=O)c2ccc3noc(-c4ccccc4)c3c2)cc1. The molecule has 28 heavy (non-hydrogen) atoms. The maximum absolute atomic E-state index is 12.5. The molecule has 6 nitrogen and oxygen atoms in total. The average Bonchev–Trinajstić information content (AvgIpc) is 3.16. The minimum absolute atomic E-state index is 0.385. The van der Waals surface area contributed by atoms with Crippen LogP contribution in [0.3, 0.4) is 0 Å². The van der Waals surface area contributed by atoms with Crippen molar-refractivity contribution in [3.05, 3.63) is 89.5 Å². The minimum Gasteiger partial charge on any atom is -0.355 e. The molecule has 1 heterocycles. The van der Waals surface area contributed by atoms with Gasteiger partial charge in [0, 0.05) is 16.7 Å². The van der Waals surface area contributed by atoms with Crippen LogP contribution in [0.4, 0.5) is 0 Å². The smallest absolute Gasteiger partial charge is 0.269 e. The summed E-state index contributed by atoms with van der Waals surface area (Å²) in [7, 11) is 0. The van der Waals surface area contributed by atoms with E-state index in [-0.39, 0.29) is 5.91 Å². The number of benzene rings is 3. The van der Waals surface area contributed by atoms with Crippen LogP contribution >= 0.6 is 0 Å². The maximum atomic E-state index is 12.5. The molecule has 1 aromatic heterocycles. The van der Waals surface area contributed by atoms with E-state index in [1.165, 1.54) is 0 Å². The number of fused-ring (bicyclic) bond motifs is 1. The van der Waals surface area contributed by atoms with E-state index < -0.39 is 5.91 Å². The molecule has 6 heteroatoms. The van der Waals surface area contributed by atoms with E-state index in [4.69, 9.17) is 4.52 Å². The molecule has 3 aromatic carbocycles. The Morgan fingerprint density at radius 1 is 0.821 bits per heavy atom. The van der Waals surface area contributed by atoms with Crippen LogP contribution in [0.2, 0.25) is 0 Å². The highest BCUT2D eigenvalue weighted by Crippen LogP contribution is 2.29. The quantitative estimate of drug-likeness (QED) is 0.535. The predicted molar refractivity (Wildman–Crippen MR) is 106 cm³/mol. The first-order chi connectivity index (χ1) is 13.6. The fraction of sp³-hybridized carbons (Fsp3) is 0.0455. The normalized spacial score (nSPS) is 10.6. The highest BCUT2D eigenvalue weighted by Gasteiger charge is 2.14. The second-order valence-electron chi connectivity index (χ2n) is 6.38. The lowest BCUT2D eigenvalue weighted by Crippen LogP contribution is -2.41. The van der Waals surface area contributed by atoms with Gasteiger partial charge in [-0.1, -0.05) is 53.2 Å². The van der Waals surface area contributed by atoms with Crippen LogP contribution in [-0.2, 0) is 0 Å². The molecule has 0 aliphatic rings. The van der Waals surface area contributed by atoms with E-state index in [1.807, 2.05) is 49.4 Å². The first-order valence-corrected chi connectivity index (χ1v) is 8.74. The van der Waals surface area contributed by atoms with Gasteiger partial charge >= 0.3 is 0 Å². The van der Waals surface area contributed by atoms with Gasteiger partial charge in [0.1, 0.15) is 5.52 Å². The van der Waals surface area contributed by atoms with Gasteiger partial charge in [0.15, 0.2) is 5.76 Å². The van der Waals surface area contributed by atoms with Gasteiger partial charge < -0.3 is 4.52 Å². The summed E-state index contributed by atoms with van der Waals surface area (Å²) in [5, 5.41) is 4.77. The molecule has 0 unspecified atom stereocenters. The van der Waals surface area contributed by atoms with E-state index in [2.05, 4.69) is 16.0 Å². The van der Waals surface area contributed by atoms with Crippen LogP contribution in [0.25, 0.3) is 22.2 Å². The monoisotopic (exact) mass is 371 g/mol. The number of aryl methyl sites for hydroxylation is 1. The molecular formula is C22H17N3O3. The Morgan fingerprint density at radius 2 is 1.46 bits per heavy atom. The van der Waals surface area contributed by atoms with Gasteiger partial charge in [0.25, 0.3) is 11.8 Å². The van der Waals surface area contributed by atoms with Crippen LogP contribution in [0.15, 0.2) is 77.3 Å². The lowest BCUT2D eigenvalue weighted by molar-refractivity contribution is 0.0847. The Hall–Kier alpha value is -3.93. The summed E-state index contributed by atoms with van der Waals surface area (Å²) in [5.74, 6) is -0.221. The summed E-state index contributed by atoms with van der Waals surface area (Å²) < 4.78 is 5.45. The number of nitrogens with zero attached hydrogens (tertiary/aromatic N) is 1. The third-order valence-corrected chi connectivity index (χ3v) is 4.38. The number of hydrogen-bond donors (Lipinski definition) is 2. The van der Waals surface area contributed by atoms with Crippen molar-refractivity contribution in [3.8, 4) is 11.3 Å². The van der Waals surface area contributed by atoms with Gasteiger partial charge in [-0.15, -0.1) is 0 Å². The molecule has 0 bridgehead atoms. The number of hydrogen-bond acceptors (Lipinski definition) is 4. The minimum atomic E-state index is -0.428. The highest BCUT2D eigenvalue weighted by atomic mass is 16.5. The molecule has 4 aromatic rings. The van der Waals surface area contributed by atoms with E-state index >= 15 is 0 Å². The molecule has 2 amide bonds. The molecule has 0 aliphatic carbocycles. The summed E-state index contributed by atoms with van der Waals surface area (Å²) in [5.41, 5.74) is 8.29. The van der Waals surface area contributed by atoms with E-state index in [1.54, 1.807) is 30.3 Å². The molecule has 0 aliphatic heterocycles. The standard InChI is InChI=1S/C22H17N3O3/c1-14-7-9-16(10-8-14)21(26)23-24-22(27)17-11-12-19-18(13-17)20(28-25-19)15-5-3-2-4-6-15/h2-13H,1H3,(H,23,26)(H,24,27). The molecule has 0 saturated carbocycles. The van der Waals surface area contributed by atoms with Crippen molar-refractivity contribution in [1.82, 2.24) is 16.0 Å². The van der Waals surface area contributed by atoms with Crippen LogP contribution in [0.5, 0.6) is 0 Å². The number of carbonyl (C=O) groups excluding carboxylic acids is 2. The Morgan fingerprint density at radius 3 is 2.18 bits per heavy atom. The lowest BCUT2D eigenvalue weighted by atomic mass is 10.1. The molecule has 0 radical (unpaired) electrons. The van der Waals surface area contributed by atoms with E-state index in [0.29, 0.717) is 22.4 Å². The molecule has 0 fully saturated rings. The molecule has 4 rings (SSSR count). The first kappa shape index (κ1) is 17.5. The van der Waals surface area contributed by atoms with Crippen molar-refractivity contribution in [2.24, 2.45) is 0 Å². The lowest BCUT2D eigenvalue weighted by Gasteiger charge is -2.08. The zero-order valence-electron chi connectivity index (χ0n) is 15.1. The second-order valence-corrected chi connectivity index (χ2v) is 6.38. The molecule has 0 saturated heterocycles. The van der Waals surface area contributed by atoms with Gasteiger partial charge in [-0.2, -0.15) is 0 Å². The molecule has 0 atom stereocenters. The van der Waals surface area contributed by atoms with Gasteiger partial charge in [0.2, 0.25) is 0 Å². The van der Waals surface area contributed by atoms with Gasteiger partial charge in [-0.3, -0.25) is 20.4 Å². The second kappa shape index (κ2) is 7.36. The molecule has 138 valence electrons. The Bertz CT molecular complexity index is 1150. The summed E-state index contributed by atoms with van der Waals surface area (Å²) in [4.78, 5) is 24.6. The van der Waals surface area contributed by atoms with Crippen LogP contribution < -0.4 is 10.9 Å². The average molecular weight is 371 g/mol. The van der Waals surface area contributed by atoms with Crippen molar-refractivity contribution in [1.29, 1.82) is 0 Å². The first-order valence-electron chi connectivity index (χ1n) is 8.74. The zero-order chi connectivity index (χ0) is 19.5. The third kappa shape index (κ3) is 3.48. The highest BCUT2D eigenvalue weighted by molar-refractivity contribution is 6.02. The Kier molecular flexibility index (Phi) is 4.60. The van der Waals surface area contributed by atoms with Crippen LogP contribution in [-0.4, -0.2) is 17.0 Å². The maximum Gasteiger partial charge on any atom is 0.269 e. The van der Waals surface area contributed by atoms with E-state index in [9.17, 15) is 9.59 Å². The van der Waals surface area contributed by atoms with Gasteiger partial charge in [-0.25, -0.2) is 0 Å². The number of carbonyl (C=O) groups is 2. The fourth-order valence-corrected chi connectivity index (χ4v) is 2.84. The fourth-order valence-electron chi connectivity index (χ4n) is 2.84. The largest absolute Gasteiger partial charge is 0.355 e. The van der Waals surface area contributed by atoms with Crippen molar-refractivity contribution < 1.29 is 14.1 Å². The number of hydrazine groups is 1. The summed E-state index contributed by atoms with van der Waals surface area (Å²) >= 11 is 0.